The molecule has 1 aromatic carbocycles. The molecule has 3 N–H and O–H groups in total. The van der Waals surface area contributed by atoms with Crippen molar-refractivity contribution in [3.63, 3.8) is 0 Å². The van der Waals surface area contributed by atoms with Gasteiger partial charge in [0.25, 0.3) is 0 Å². The molecule has 6 nitrogen and oxygen atoms in total. The number of rotatable bonds is 9. The quantitative estimate of drug-likeness (QED) is 0.462. The van der Waals surface area contributed by atoms with Gasteiger partial charge >= 0.3 is 0 Å². The van der Waals surface area contributed by atoms with E-state index in [0.29, 0.717) is 17.4 Å². The van der Waals surface area contributed by atoms with Gasteiger partial charge in [-0.1, -0.05) is 38.8 Å². The third-order valence-corrected chi connectivity index (χ3v) is 6.07. The van der Waals surface area contributed by atoms with Crippen LogP contribution >= 0.6 is 0 Å². The molecule has 1 aliphatic carbocycles. The lowest BCUT2D eigenvalue weighted by atomic mass is 10.0. The Morgan fingerprint density at radius 3 is 2.32 bits per heavy atom. The van der Waals surface area contributed by atoms with Gasteiger partial charge in [0, 0.05) is 26.2 Å². The van der Waals surface area contributed by atoms with Crippen molar-refractivity contribution < 1.29 is 8.42 Å². The van der Waals surface area contributed by atoms with Gasteiger partial charge in [0.1, 0.15) is 0 Å². The zero-order valence-electron chi connectivity index (χ0n) is 15.4. The summed E-state index contributed by atoms with van der Waals surface area (Å²) in [5.74, 6) is 1.40. The number of aliphatic imine (C=N–C) groups is 1. The summed E-state index contributed by atoms with van der Waals surface area (Å²) in [5, 5.41) is 6.60. The van der Waals surface area contributed by atoms with Gasteiger partial charge in [-0.2, -0.15) is 0 Å². The van der Waals surface area contributed by atoms with Gasteiger partial charge < -0.3 is 10.6 Å². The van der Waals surface area contributed by atoms with Crippen LogP contribution in [-0.4, -0.2) is 34.0 Å². The molecule has 7 heteroatoms. The van der Waals surface area contributed by atoms with E-state index in [1.807, 2.05) is 12.1 Å². The molecule has 1 fully saturated rings. The lowest BCUT2D eigenvalue weighted by Gasteiger charge is -2.16. The standard InChI is InChI=1S/C18H30N4O2S/c1-4-14(5-2)12-20-18(19-3)21-13-15-6-10-17(11-7-15)25(23,24)22-16-8-9-16/h6-7,10-11,14,16,22H,4-5,8-9,12-13H2,1-3H3,(H2,19,20,21). The van der Waals surface area contributed by atoms with Gasteiger partial charge in [-0.25, -0.2) is 13.1 Å². The topological polar surface area (TPSA) is 82.6 Å². The van der Waals surface area contributed by atoms with Gasteiger partial charge in [0.15, 0.2) is 5.96 Å². The highest BCUT2D eigenvalue weighted by Gasteiger charge is 2.27. The van der Waals surface area contributed by atoms with Crippen molar-refractivity contribution in [2.24, 2.45) is 10.9 Å². The van der Waals surface area contributed by atoms with Crippen LogP contribution in [0.4, 0.5) is 0 Å². The number of hydrogen-bond donors (Lipinski definition) is 3. The largest absolute Gasteiger partial charge is 0.356 e. The van der Waals surface area contributed by atoms with Gasteiger partial charge in [0.2, 0.25) is 10.0 Å². The molecule has 0 aliphatic heterocycles. The van der Waals surface area contributed by atoms with E-state index in [1.54, 1.807) is 19.2 Å². The summed E-state index contributed by atoms with van der Waals surface area (Å²) in [4.78, 5) is 4.55. The Morgan fingerprint density at radius 2 is 1.80 bits per heavy atom. The van der Waals surface area contributed by atoms with E-state index in [0.717, 1.165) is 43.8 Å². The maximum absolute atomic E-state index is 12.2. The van der Waals surface area contributed by atoms with Gasteiger partial charge in [-0.3, -0.25) is 4.99 Å². The molecule has 0 unspecified atom stereocenters. The highest BCUT2D eigenvalue weighted by atomic mass is 32.2. The van der Waals surface area contributed by atoms with E-state index in [4.69, 9.17) is 0 Å². The minimum absolute atomic E-state index is 0.121. The highest BCUT2D eigenvalue weighted by molar-refractivity contribution is 7.89. The van der Waals surface area contributed by atoms with Crippen LogP contribution in [0, 0.1) is 5.92 Å². The first-order chi connectivity index (χ1) is 12.0. The fraction of sp³-hybridized carbons (Fsp3) is 0.611. The first kappa shape index (κ1) is 19.7. The SMILES string of the molecule is CCC(CC)CNC(=NC)NCc1ccc(S(=O)(=O)NC2CC2)cc1. The van der Waals surface area contributed by atoms with Crippen LogP contribution in [0.1, 0.15) is 45.1 Å². The molecule has 0 amide bonds. The smallest absolute Gasteiger partial charge is 0.240 e. The van der Waals surface area contributed by atoms with E-state index in [1.165, 1.54) is 0 Å². The number of nitrogens with one attached hydrogen (secondary N) is 3. The number of sulfonamides is 1. The Kier molecular flexibility index (Phi) is 7.25. The molecule has 0 aromatic heterocycles. The fourth-order valence-corrected chi connectivity index (χ4v) is 3.80. The second-order valence-electron chi connectivity index (χ2n) is 6.53. The highest BCUT2D eigenvalue weighted by Crippen LogP contribution is 2.22. The minimum atomic E-state index is -3.38. The molecule has 1 aromatic rings. The van der Waals surface area contributed by atoms with E-state index < -0.39 is 10.0 Å². The zero-order valence-corrected chi connectivity index (χ0v) is 16.2. The normalized spacial score (nSPS) is 15.4. The summed E-state index contributed by atoms with van der Waals surface area (Å²) >= 11 is 0. The van der Waals surface area contributed by atoms with Crippen molar-refractivity contribution in [1.29, 1.82) is 0 Å². The Hall–Kier alpha value is -1.60. The first-order valence-corrected chi connectivity index (χ1v) is 10.5. The maximum atomic E-state index is 12.2. The molecular formula is C18H30N4O2S. The number of guanidine groups is 1. The van der Waals surface area contributed by atoms with Crippen molar-refractivity contribution in [2.75, 3.05) is 13.6 Å². The molecule has 0 spiro atoms. The lowest BCUT2D eigenvalue weighted by molar-refractivity contribution is 0.481. The van der Waals surface area contributed by atoms with E-state index in [2.05, 4.69) is 34.2 Å². The van der Waals surface area contributed by atoms with Crippen molar-refractivity contribution in [3.05, 3.63) is 29.8 Å². The number of nitrogens with zero attached hydrogens (tertiary/aromatic N) is 1. The Balaban J connectivity index is 1.85. The van der Waals surface area contributed by atoms with Crippen molar-refractivity contribution in [1.82, 2.24) is 15.4 Å². The number of hydrogen-bond acceptors (Lipinski definition) is 3. The molecule has 1 aliphatic rings. The lowest BCUT2D eigenvalue weighted by Crippen LogP contribution is -2.39. The maximum Gasteiger partial charge on any atom is 0.240 e. The summed E-state index contributed by atoms with van der Waals surface area (Å²) in [6, 6.07) is 7.10. The van der Waals surface area contributed by atoms with Crippen LogP contribution in [0.2, 0.25) is 0 Å². The van der Waals surface area contributed by atoms with Gasteiger partial charge in [0.05, 0.1) is 4.90 Å². The summed E-state index contributed by atoms with van der Waals surface area (Å²) in [5.41, 5.74) is 1.01. The number of benzene rings is 1. The molecule has 0 radical (unpaired) electrons. The van der Waals surface area contributed by atoms with E-state index in [9.17, 15) is 8.42 Å². The molecule has 1 saturated carbocycles. The third-order valence-electron chi connectivity index (χ3n) is 4.53. The summed E-state index contributed by atoms with van der Waals surface area (Å²) in [6.45, 7) is 5.88. The Bertz CT molecular complexity index is 663. The molecule has 0 atom stereocenters. The molecule has 0 heterocycles. The molecule has 140 valence electrons. The van der Waals surface area contributed by atoms with Crippen molar-refractivity contribution in [3.8, 4) is 0 Å². The molecule has 0 saturated heterocycles. The van der Waals surface area contributed by atoms with Crippen LogP contribution in [-0.2, 0) is 16.6 Å². The van der Waals surface area contributed by atoms with Gasteiger partial charge in [-0.15, -0.1) is 0 Å². The zero-order chi connectivity index (χ0) is 18.3. The Morgan fingerprint density at radius 1 is 1.16 bits per heavy atom. The van der Waals surface area contributed by atoms with Crippen LogP contribution in [0.15, 0.2) is 34.2 Å². The Labute approximate surface area is 151 Å². The molecular weight excluding hydrogens is 336 g/mol. The average Bonchev–Trinajstić information content (AvgIpc) is 3.42. The second kappa shape index (κ2) is 9.20. The predicted octanol–water partition coefficient (Wildman–Crippen LogP) is 2.23. The van der Waals surface area contributed by atoms with Crippen LogP contribution < -0.4 is 15.4 Å². The van der Waals surface area contributed by atoms with Crippen LogP contribution in [0.3, 0.4) is 0 Å². The summed E-state index contributed by atoms with van der Waals surface area (Å²) in [7, 11) is -1.63. The molecule has 2 rings (SSSR count). The van der Waals surface area contributed by atoms with Gasteiger partial charge in [-0.05, 0) is 36.5 Å². The van der Waals surface area contributed by atoms with Crippen LogP contribution in [0.5, 0.6) is 0 Å². The minimum Gasteiger partial charge on any atom is -0.356 e. The van der Waals surface area contributed by atoms with E-state index in [-0.39, 0.29) is 6.04 Å². The summed E-state index contributed by atoms with van der Waals surface area (Å²) in [6.07, 6.45) is 4.16. The third kappa shape index (κ3) is 6.32. The second-order valence-corrected chi connectivity index (χ2v) is 8.24. The summed E-state index contributed by atoms with van der Waals surface area (Å²) < 4.78 is 27.0. The first-order valence-electron chi connectivity index (χ1n) is 9.04. The molecule has 25 heavy (non-hydrogen) atoms. The fourth-order valence-electron chi connectivity index (χ4n) is 2.50. The van der Waals surface area contributed by atoms with Crippen LogP contribution in [0.25, 0.3) is 0 Å². The monoisotopic (exact) mass is 366 g/mol. The van der Waals surface area contributed by atoms with Crippen molar-refractivity contribution >= 4 is 16.0 Å². The van der Waals surface area contributed by atoms with Crippen molar-refractivity contribution in [2.45, 2.75) is 57.0 Å². The molecule has 0 bridgehead atoms. The average molecular weight is 367 g/mol. The van der Waals surface area contributed by atoms with E-state index >= 15 is 0 Å². The predicted molar refractivity (Wildman–Crippen MR) is 102 cm³/mol.